The standard InChI is InChI=1S/C10H12ClFN2/c11-10-6-9(8(12)7-13-10)14-4-2-1-3-5-14/h6-7H,1-5H2. The molecular formula is C10H12ClFN2. The second kappa shape index (κ2) is 4.13. The number of nitrogens with zero attached hydrogens (tertiary/aromatic N) is 2. The van der Waals surface area contributed by atoms with E-state index in [1.807, 2.05) is 4.90 Å². The van der Waals surface area contributed by atoms with E-state index in [4.69, 9.17) is 11.6 Å². The van der Waals surface area contributed by atoms with E-state index >= 15 is 0 Å². The van der Waals surface area contributed by atoms with Gasteiger partial charge in [0.2, 0.25) is 0 Å². The van der Waals surface area contributed by atoms with Gasteiger partial charge in [-0.2, -0.15) is 0 Å². The number of anilines is 1. The highest BCUT2D eigenvalue weighted by molar-refractivity contribution is 6.29. The molecule has 0 atom stereocenters. The van der Waals surface area contributed by atoms with Gasteiger partial charge in [-0.05, 0) is 19.3 Å². The van der Waals surface area contributed by atoms with Crippen molar-refractivity contribution in [3.8, 4) is 0 Å². The van der Waals surface area contributed by atoms with Crippen LogP contribution in [-0.2, 0) is 0 Å². The molecule has 1 fully saturated rings. The van der Waals surface area contributed by atoms with Crippen LogP contribution in [-0.4, -0.2) is 18.1 Å². The molecule has 0 saturated carbocycles. The van der Waals surface area contributed by atoms with Crippen LogP contribution in [0.3, 0.4) is 0 Å². The largest absolute Gasteiger partial charge is 0.369 e. The van der Waals surface area contributed by atoms with Gasteiger partial charge in [0.1, 0.15) is 5.15 Å². The maximum absolute atomic E-state index is 13.4. The third-order valence-corrected chi connectivity index (χ3v) is 2.71. The molecule has 2 rings (SSSR count). The van der Waals surface area contributed by atoms with E-state index in [0.717, 1.165) is 25.9 Å². The molecule has 1 aliphatic heterocycles. The zero-order valence-electron chi connectivity index (χ0n) is 7.84. The molecule has 14 heavy (non-hydrogen) atoms. The van der Waals surface area contributed by atoms with Crippen molar-refractivity contribution in [2.75, 3.05) is 18.0 Å². The van der Waals surface area contributed by atoms with Crippen molar-refractivity contribution in [1.29, 1.82) is 0 Å². The van der Waals surface area contributed by atoms with Crippen LogP contribution in [0.4, 0.5) is 10.1 Å². The molecule has 0 N–H and O–H groups in total. The predicted molar refractivity (Wildman–Crippen MR) is 55.3 cm³/mol. The van der Waals surface area contributed by atoms with Crippen molar-refractivity contribution in [2.45, 2.75) is 19.3 Å². The Morgan fingerprint density at radius 1 is 1.29 bits per heavy atom. The minimum atomic E-state index is -0.281. The van der Waals surface area contributed by atoms with Gasteiger partial charge < -0.3 is 4.90 Å². The molecule has 0 bridgehead atoms. The highest BCUT2D eigenvalue weighted by Crippen LogP contribution is 2.24. The molecule has 2 heterocycles. The second-order valence-corrected chi connectivity index (χ2v) is 3.89. The third-order valence-electron chi connectivity index (χ3n) is 2.50. The monoisotopic (exact) mass is 214 g/mol. The molecule has 0 amide bonds. The fraction of sp³-hybridized carbons (Fsp3) is 0.500. The lowest BCUT2D eigenvalue weighted by atomic mass is 10.1. The summed E-state index contributed by atoms with van der Waals surface area (Å²) in [5.41, 5.74) is 0.588. The molecule has 0 unspecified atom stereocenters. The van der Waals surface area contributed by atoms with Crippen molar-refractivity contribution in [2.24, 2.45) is 0 Å². The molecule has 1 aromatic rings. The lowest BCUT2D eigenvalue weighted by molar-refractivity contribution is 0.555. The van der Waals surface area contributed by atoms with Crippen LogP contribution < -0.4 is 4.90 Å². The molecule has 76 valence electrons. The highest BCUT2D eigenvalue weighted by atomic mass is 35.5. The molecule has 1 saturated heterocycles. The Labute approximate surface area is 87.7 Å². The van der Waals surface area contributed by atoms with E-state index < -0.39 is 0 Å². The number of hydrogen-bond acceptors (Lipinski definition) is 2. The SMILES string of the molecule is Fc1cnc(Cl)cc1N1CCCCC1. The zero-order valence-corrected chi connectivity index (χ0v) is 8.60. The van der Waals surface area contributed by atoms with E-state index in [1.54, 1.807) is 6.07 Å². The number of pyridine rings is 1. The van der Waals surface area contributed by atoms with Gasteiger partial charge in [-0.1, -0.05) is 11.6 Å². The van der Waals surface area contributed by atoms with Gasteiger partial charge in [0.25, 0.3) is 0 Å². The van der Waals surface area contributed by atoms with Gasteiger partial charge in [0, 0.05) is 19.2 Å². The van der Waals surface area contributed by atoms with Gasteiger partial charge in [0.15, 0.2) is 5.82 Å². The number of hydrogen-bond donors (Lipinski definition) is 0. The molecule has 1 aliphatic rings. The molecule has 2 nitrogen and oxygen atoms in total. The molecule has 0 radical (unpaired) electrons. The van der Waals surface area contributed by atoms with Crippen LogP contribution >= 0.6 is 11.6 Å². The van der Waals surface area contributed by atoms with Crippen LogP contribution in [0.1, 0.15) is 19.3 Å². The third kappa shape index (κ3) is 1.98. The van der Waals surface area contributed by atoms with Crippen LogP contribution in [0.5, 0.6) is 0 Å². The number of aromatic nitrogens is 1. The fourth-order valence-electron chi connectivity index (χ4n) is 1.78. The average molecular weight is 215 g/mol. The smallest absolute Gasteiger partial charge is 0.164 e. The summed E-state index contributed by atoms with van der Waals surface area (Å²) in [6, 6.07) is 1.60. The number of piperidine rings is 1. The first-order valence-corrected chi connectivity index (χ1v) is 5.21. The van der Waals surface area contributed by atoms with Crippen molar-refractivity contribution in [1.82, 2.24) is 4.98 Å². The van der Waals surface area contributed by atoms with Crippen LogP contribution in [0.2, 0.25) is 5.15 Å². The Morgan fingerprint density at radius 3 is 2.71 bits per heavy atom. The summed E-state index contributed by atoms with van der Waals surface area (Å²) in [5, 5.41) is 0.354. The van der Waals surface area contributed by atoms with Crippen molar-refractivity contribution < 1.29 is 4.39 Å². The maximum atomic E-state index is 13.4. The number of halogens is 2. The molecule has 0 aromatic carbocycles. The van der Waals surface area contributed by atoms with Gasteiger partial charge in [-0.3, -0.25) is 0 Å². The molecule has 0 spiro atoms. The van der Waals surface area contributed by atoms with E-state index in [0.29, 0.717) is 10.8 Å². The van der Waals surface area contributed by atoms with Crippen molar-refractivity contribution >= 4 is 17.3 Å². The summed E-state index contributed by atoms with van der Waals surface area (Å²) in [4.78, 5) is 5.73. The molecular weight excluding hydrogens is 203 g/mol. The number of rotatable bonds is 1. The van der Waals surface area contributed by atoms with Crippen LogP contribution in [0, 0.1) is 5.82 Å². The average Bonchev–Trinajstić information content (AvgIpc) is 2.23. The van der Waals surface area contributed by atoms with E-state index in [1.165, 1.54) is 12.6 Å². The molecule has 0 aliphatic carbocycles. The first-order valence-electron chi connectivity index (χ1n) is 4.83. The lowest BCUT2D eigenvalue weighted by Crippen LogP contribution is -2.30. The van der Waals surface area contributed by atoms with Gasteiger partial charge in [0.05, 0.1) is 11.9 Å². The van der Waals surface area contributed by atoms with Crippen LogP contribution in [0.15, 0.2) is 12.3 Å². The van der Waals surface area contributed by atoms with Gasteiger partial charge in [-0.15, -0.1) is 0 Å². The Morgan fingerprint density at radius 2 is 2.00 bits per heavy atom. The van der Waals surface area contributed by atoms with Crippen molar-refractivity contribution in [3.63, 3.8) is 0 Å². The topological polar surface area (TPSA) is 16.1 Å². The maximum Gasteiger partial charge on any atom is 0.164 e. The normalized spacial score (nSPS) is 17.1. The summed E-state index contributed by atoms with van der Waals surface area (Å²) in [6.07, 6.45) is 4.67. The Hall–Kier alpha value is -0.830. The highest BCUT2D eigenvalue weighted by Gasteiger charge is 2.15. The summed E-state index contributed by atoms with van der Waals surface area (Å²) >= 11 is 5.73. The van der Waals surface area contributed by atoms with E-state index in [-0.39, 0.29) is 5.82 Å². The molecule has 1 aromatic heterocycles. The first-order chi connectivity index (χ1) is 6.77. The predicted octanol–water partition coefficient (Wildman–Crippen LogP) is 2.86. The minimum Gasteiger partial charge on any atom is -0.369 e. The lowest BCUT2D eigenvalue weighted by Gasteiger charge is -2.28. The second-order valence-electron chi connectivity index (χ2n) is 3.51. The Balaban J connectivity index is 2.24. The first kappa shape index (κ1) is 9.71. The van der Waals surface area contributed by atoms with Gasteiger partial charge >= 0.3 is 0 Å². The Kier molecular flexibility index (Phi) is 2.87. The summed E-state index contributed by atoms with van der Waals surface area (Å²) in [6.45, 7) is 1.83. The fourth-order valence-corrected chi connectivity index (χ4v) is 1.93. The molecule has 4 heteroatoms. The zero-order chi connectivity index (χ0) is 9.97. The quantitative estimate of drug-likeness (QED) is 0.669. The van der Waals surface area contributed by atoms with E-state index in [2.05, 4.69) is 4.98 Å². The Bertz CT molecular complexity index is 324. The summed E-state index contributed by atoms with van der Waals surface area (Å²) in [5.74, 6) is -0.281. The van der Waals surface area contributed by atoms with Crippen molar-refractivity contribution in [3.05, 3.63) is 23.2 Å². The minimum absolute atomic E-state index is 0.281. The van der Waals surface area contributed by atoms with E-state index in [9.17, 15) is 4.39 Å². The van der Waals surface area contributed by atoms with Crippen LogP contribution in [0.25, 0.3) is 0 Å². The van der Waals surface area contributed by atoms with Gasteiger partial charge in [-0.25, -0.2) is 9.37 Å². The summed E-state index contributed by atoms with van der Waals surface area (Å²) < 4.78 is 13.4. The summed E-state index contributed by atoms with van der Waals surface area (Å²) in [7, 11) is 0.